The number of methoxy groups -OCH3 is 1. The van der Waals surface area contributed by atoms with Crippen molar-refractivity contribution in [3.8, 4) is 11.4 Å². The number of rotatable bonds is 6. The Kier molecular flexibility index (Phi) is 6.58. The van der Waals surface area contributed by atoms with Gasteiger partial charge in [0.15, 0.2) is 5.16 Å². The fraction of sp³-hybridized carbons (Fsp3) is 0.240. The summed E-state index contributed by atoms with van der Waals surface area (Å²) in [4.78, 5) is 32.8. The van der Waals surface area contributed by atoms with Crippen molar-refractivity contribution in [2.75, 3.05) is 18.2 Å². The fourth-order valence-electron chi connectivity index (χ4n) is 3.64. The molecule has 0 spiro atoms. The number of hydrogen-bond donors (Lipinski definition) is 1. The second-order valence-corrected chi connectivity index (χ2v) is 9.95. The molecular formula is C25H25N3O3S2. The molecule has 1 amide bonds. The molecule has 0 saturated heterocycles. The van der Waals surface area contributed by atoms with Gasteiger partial charge in [0.2, 0.25) is 5.91 Å². The van der Waals surface area contributed by atoms with Gasteiger partial charge < -0.3 is 10.1 Å². The Balaban J connectivity index is 1.65. The van der Waals surface area contributed by atoms with Gasteiger partial charge in [-0.15, -0.1) is 11.3 Å². The molecule has 0 radical (unpaired) electrons. The molecule has 4 aromatic rings. The van der Waals surface area contributed by atoms with E-state index in [2.05, 4.69) is 5.32 Å². The van der Waals surface area contributed by atoms with Crippen molar-refractivity contribution >= 4 is 44.9 Å². The van der Waals surface area contributed by atoms with Crippen molar-refractivity contribution in [3.63, 3.8) is 0 Å². The monoisotopic (exact) mass is 479 g/mol. The Morgan fingerprint density at radius 1 is 1.12 bits per heavy atom. The second kappa shape index (κ2) is 9.41. The highest BCUT2D eigenvalue weighted by atomic mass is 32.2. The van der Waals surface area contributed by atoms with Crippen LogP contribution in [0.4, 0.5) is 5.69 Å². The first kappa shape index (κ1) is 23.1. The topological polar surface area (TPSA) is 73.2 Å². The second-order valence-electron chi connectivity index (χ2n) is 7.81. The van der Waals surface area contributed by atoms with E-state index >= 15 is 0 Å². The summed E-state index contributed by atoms with van der Waals surface area (Å²) in [5.74, 6) is 0.740. The van der Waals surface area contributed by atoms with E-state index in [-0.39, 0.29) is 17.2 Å². The average molecular weight is 480 g/mol. The molecule has 0 atom stereocenters. The Morgan fingerprint density at radius 3 is 2.55 bits per heavy atom. The molecule has 2 aromatic heterocycles. The number of nitrogens with zero attached hydrogens (tertiary/aromatic N) is 2. The molecule has 0 aliphatic heterocycles. The molecule has 0 fully saturated rings. The van der Waals surface area contributed by atoms with Gasteiger partial charge in [0.05, 0.1) is 23.9 Å². The summed E-state index contributed by atoms with van der Waals surface area (Å²) in [5, 5.41) is 4.11. The van der Waals surface area contributed by atoms with E-state index in [1.165, 1.54) is 23.1 Å². The van der Waals surface area contributed by atoms with Crippen LogP contribution in [0.2, 0.25) is 0 Å². The first-order valence-corrected chi connectivity index (χ1v) is 12.3. The molecule has 1 N–H and O–H groups in total. The summed E-state index contributed by atoms with van der Waals surface area (Å²) in [5.41, 5.74) is 4.17. The van der Waals surface area contributed by atoms with Crippen LogP contribution in [0, 0.1) is 27.7 Å². The molecular weight excluding hydrogens is 454 g/mol. The zero-order chi connectivity index (χ0) is 23.7. The standard InChI is InChI=1S/C25H25N3O3S2/c1-14-12-20(31-5)15(2)11-19(14)26-21(29)13-32-25-27-23-22(16(3)17(4)33-23)24(30)28(25)18-9-7-6-8-10-18/h6-12H,13H2,1-5H3,(H,26,29). The number of anilines is 1. The molecule has 2 heterocycles. The molecule has 8 heteroatoms. The molecule has 0 unspecified atom stereocenters. The van der Waals surface area contributed by atoms with Crippen molar-refractivity contribution in [2.45, 2.75) is 32.9 Å². The highest BCUT2D eigenvalue weighted by molar-refractivity contribution is 7.99. The molecule has 0 aliphatic carbocycles. The van der Waals surface area contributed by atoms with Crippen molar-refractivity contribution in [1.29, 1.82) is 0 Å². The fourth-order valence-corrected chi connectivity index (χ4v) is 5.52. The molecule has 4 rings (SSSR count). The third-order valence-corrected chi connectivity index (χ3v) is 7.57. The number of hydrogen-bond acceptors (Lipinski definition) is 6. The summed E-state index contributed by atoms with van der Waals surface area (Å²) in [6, 6.07) is 13.2. The Hall–Kier alpha value is -3.10. The van der Waals surface area contributed by atoms with E-state index in [9.17, 15) is 9.59 Å². The maximum absolute atomic E-state index is 13.5. The lowest BCUT2D eigenvalue weighted by atomic mass is 10.1. The predicted molar refractivity (Wildman–Crippen MR) is 137 cm³/mol. The van der Waals surface area contributed by atoms with Gasteiger partial charge in [-0.2, -0.15) is 0 Å². The zero-order valence-electron chi connectivity index (χ0n) is 19.2. The van der Waals surface area contributed by atoms with Gasteiger partial charge in [-0.25, -0.2) is 4.98 Å². The number of thioether (sulfide) groups is 1. The molecule has 0 saturated carbocycles. The summed E-state index contributed by atoms with van der Waals surface area (Å²) >= 11 is 2.76. The zero-order valence-corrected chi connectivity index (χ0v) is 20.8. The minimum Gasteiger partial charge on any atom is -0.496 e. The van der Waals surface area contributed by atoms with Crippen LogP contribution in [-0.2, 0) is 4.79 Å². The Bertz CT molecular complexity index is 1410. The molecule has 33 heavy (non-hydrogen) atoms. The van der Waals surface area contributed by atoms with Crippen LogP contribution >= 0.6 is 23.1 Å². The molecule has 6 nitrogen and oxygen atoms in total. The summed E-state index contributed by atoms with van der Waals surface area (Å²) < 4.78 is 6.95. The van der Waals surface area contributed by atoms with Crippen LogP contribution in [0.1, 0.15) is 21.6 Å². The highest BCUT2D eigenvalue weighted by Gasteiger charge is 2.19. The summed E-state index contributed by atoms with van der Waals surface area (Å²) in [6.45, 7) is 7.81. The molecule has 0 aliphatic rings. The first-order chi connectivity index (χ1) is 15.8. The SMILES string of the molecule is COc1cc(C)c(NC(=O)CSc2nc3sc(C)c(C)c3c(=O)n2-c2ccccc2)cc1C. The lowest BCUT2D eigenvalue weighted by molar-refractivity contribution is -0.113. The van der Waals surface area contributed by atoms with Gasteiger partial charge >= 0.3 is 0 Å². The number of carbonyl (C=O) groups excluding carboxylic acids is 1. The normalized spacial score (nSPS) is 11.1. The van der Waals surface area contributed by atoms with Crippen molar-refractivity contribution in [2.24, 2.45) is 0 Å². The smallest absolute Gasteiger partial charge is 0.267 e. The van der Waals surface area contributed by atoms with E-state index < -0.39 is 0 Å². The van der Waals surface area contributed by atoms with Gasteiger partial charge in [0, 0.05) is 10.6 Å². The number of para-hydroxylation sites is 1. The van der Waals surface area contributed by atoms with Crippen LogP contribution < -0.4 is 15.6 Å². The maximum Gasteiger partial charge on any atom is 0.267 e. The molecule has 2 aromatic carbocycles. The van der Waals surface area contributed by atoms with Crippen LogP contribution in [-0.4, -0.2) is 28.3 Å². The number of carbonyl (C=O) groups is 1. The van der Waals surface area contributed by atoms with Crippen molar-refractivity contribution < 1.29 is 9.53 Å². The van der Waals surface area contributed by atoms with Crippen molar-refractivity contribution in [1.82, 2.24) is 9.55 Å². The Labute approximate surface area is 200 Å². The van der Waals surface area contributed by atoms with Gasteiger partial charge in [-0.3, -0.25) is 14.2 Å². The van der Waals surface area contributed by atoms with Crippen LogP contribution in [0.25, 0.3) is 15.9 Å². The molecule has 170 valence electrons. The number of aryl methyl sites for hydroxylation is 4. The van der Waals surface area contributed by atoms with E-state index in [1.54, 1.807) is 11.7 Å². The first-order valence-electron chi connectivity index (χ1n) is 10.5. The number of nitrogens with one attached hydrogen (secondary N) is 1. The average Bonchev–Trinajstić information content (AvgIpc) is 3.08. The number of aromatic nitrogens is 2. The van der Waals surface area contributed by atoms with Crippen LogP contribution in [0.3, 0.4) is 0 Å². The van der Waals surface area contributed by atoms with Gasteiger partial charge in [-0.05, 0) is 68.7 Å². The van der Waals surface area contributed by atoms with E-state index in [0.717, 1.165) is 38.7 Å². The number of amides is 1. The van der Waals surface area contributed by atoms with E-state index in [0.29, 0.717) is 15.4 Å². The largest absolute Gasteiger partial charge is 0.496 e. The number of benzene rings is 2. The minimum absolute atomic E-state index is 0.113. The quantitative estimate of drug-likeness (QED) is 0.295. The molecule has 0 bridgehead atoms. The van der Waals surface area contributed by atoms with Gasteiger partial charge in [-0.1, -0.05) is 30.0 Å². The minimum atomic E-state index is -0.167. The number of ether oxygens (including phenoxy) is 1. The van der Waals surface area contributed by atoms with E-state index in [4.69, 9.17) is 9.72 Å². The third kappa shape index (κ3) is 4.54. The number of fused-ring (bicyclic) bond motifs is 1. The Morgan fingerprint density at radius 2 is 1.85 bits per heavy atom. The lowest BCUT2D eigenvalue weighted by Gasteiger charge is -2.14. The summed E-state index contributed by atoms with van der Waals surface area (Å²) in [7, 11) is 1.63. The van der Waals surface area contributed by atoms with Gasteiger partial charge in [0.25, 0.3) is 5.56 Å². The van der Waals surface area contributed by atoms with Crippen LogP contribution in [0.5, 0.6) is 5.75 Å². The summed E-state index contributed by atoms with van der Waals surface area (Å²) in [6.07, 6.45) is 0. The van der Waals surface area contributed by atoms with Crippen molar-refractivity contribution in [3.05, 3.63) is 74.4 Å². The maximum atomic E-state index is 13.5. The highest BCUT2D eigenvalue weighted by Crippen LogP contribution is 2.30. The lowest BCUT2D eigenvalue weighted by Crippen LogP contribution is -2.23. The van der Waals surface area contributed by atoms with Crippen LogP contribution in [0.15, 0.2) is 52.4 Å². The van der Waals surface area contributed by atoms with E-state index in [1.807, 2.05) is 70.2 Å². The number of thiophene rings is 1. The third-order valence-electron chi connectivity index (χ3n) is 5.53. The predicted octanol–water partition coefficient (Wildman–Crippen LogP) is 5.42. The van der Waals surface area contributed by atoms with Gasteiger partial charge in [0.1, 0.15) is 10.6 Å².